The Morgan fingerprint density at radius 1 is 1.29 bits per heavy atom. The molecule has 0 aliphatic rings. The molecule has 0 aliphatic carbocycles. The van der Waals surface area contributed by atoms with Gasteiger partial charge in [-0.1, -0.05) is 27.7 Å². The van der Waals surface area contributed by atoms with E-state index in [9.17, 15) is 9.59 Å². The minimum atomic E-state index is -0.852. The fourth-order valence-electron chi connectivity index (χ4n) is 2.10. The van der Waals surface area contributed by atoms with Crippen LogP contribution in [0.2, 0.25) is 0 Å². The number of hydrogen-bond acceptors (Lipinski definition) is 4. The lowest BCUT2D eigenvalue weighted by Crippen LogP contribution is -2.31. The van der Waals surface area contributed by atoms with Gasteiger partial charge in [0.1, 0.15) is 5.82 Å². The number of carbonyl (C=O) groups is 2. The molecule has 1 aromatic heterocycles. The summed E-state index contributed by atoms with van der Waals surface area (Å²) in [7, 11) is 0. The summed E-state index contributed by atoms with van der Waals surface area (Å²) in [6.45, 7) is 8.28. The van der Waals surface area contributed by atoms with Crippen LogP contribution in [-0.4, -0.2) is 38.7 Å². The van der Waals surface area contributed by atoms with Gasteiger partial charge in [-0.25, -0.2) is 4.98 Å². The second-order valence-electron chi connectivity index (χ2n) is 6.00. The van der Waals surface area contributed by atoms with Gasteiger partial charge in [0.25, 0.3) is 5.91 Å². The molecule has 3 N–H and O–H groups in total. The molecule has 1 amide bonds. The molecule has 118 valence electrons. The molecule has 0 fully saturated rings. The van der Waals surface area contributed by atoms with Crippen molar-refractivity contribution in [2.45, 2.75) is 46.5 Å². The predicted octanol–water partition coefficient (Wildman–Crippen LogP) is 1.79. The van der Waals surface area contributed by atoms with Crippen molar-refractivity contribution in [1.82, 2.24) is 20.5 Å². The molecule has 0 aromatic carbocycles. The largest absolute Gasteiger partial charge is 0.481 e. The van der Waals surface area contributed by atoms with Crippen LogP contribution in [0.1, 0.15) is 62.9 Å². The molecule has 1 atom stereocenters. The van der Waals surface area contributed by atoms with Gasteiger partial charge in [0, 0.05) is 18.9 Å². The van der Waals surface area contributed by atoms with Gasteiger partial charge < -0.3 is 10.4 Å². The smallest absolute Gasteiger partial charge is 0.303 e. The van der Waals surface area contributed by atoms with E-state index < -0.39 is 5.97 Å². The normalized spacial score (nSPS) is 12.7. The molecule has 0 bridgehead atoms. The van der Waals surface area contributed by atoms with Gasteiger partial charge >= 0.3 is 5.97 Å². The Labute approximate surface area is 124 Å². The lowest BCUT2D eigenvalue weighted by Gasteiger charge is -2.17. The van der Waals surface area contributed by atoms with Crippen molar-refractivity contribution in [3.05, 3.63) is 11.6 Å². The van der Waals surface area contributed by atoms with Gasteiger partial charge in [-0.15, -0.1) is 5.10 Å². The molecule has 21 heavy (non-hydrogen) atoms. The van der Waals surface area contributed by atoms with E-state index in [0.29, 0.717) is 18.3 Å². The van der Waals surface area contributed by atoms with E-state index in [2.05, 4.69) is 20.5 Å². The average Bonchev–Trinajstić information content (AvgIpc) is 2.83. The molecule has 0 radical (unpaired) electrons. The number of carboxylic acids is 1. The molecular formula is C14H24N4O3. The van der Waals surface area contributed by atoms with E-state index in [0.717, 1.165) is 6.42 Å². The van der Waals surface area contributed by atoms with Crippen LogP contribution in [0, 0.1) is 11.8 Å². The zero-order valence-electron chi connectivity index (χ0n) is 13.0. The molecule has 1 heterocycles. The summed E-state index contributed by atoms with van der Waals surface area (Å²) in [5.41, 5.74) is 0. The minimum absolute atomic E-state index is 0.0453. The number of amides is 1. The Morgan fingerprint density at radius 2 is 1.95 bits per heavy atom. The van der Waals surface area contributed by atoms with E-state index in [1.54, 1.807) is 0 Å². The SMILES string of the molecule is CC(C)CC(CNC(=O)c1n[nH]c(C(C)C)n1)CC(=O)O. The highest BCUT2D eigenvalue weighted by Crippen LogP contribution is 2.15. The Hall–Kier alpha value is -1.92. The first-order chi connectivity index (χ1) is 9.79. The van der Waals surface area contributed by atoms with Crippen LogP contribution < -0.4 is 5.32 Å². The highest BCUT2D eigenvalue weighted by molar-refractivity contribution is 5.90. The highest BCUT2D eigenvalue weighted by Gasteiger charge is 2.18. The lowest BCUT2D eigenvalue weighted by molar-refractivity contribution is -0.138. The maximum atomic E-state index is 12.0. The first-order valence-electron chi connectivity index (χ1n) is 7.21. The third kappa shape index (κ3) is 5.93. The van der Waals surface area contributed by atoms with E-state index in [1.165, 1.54) is 0 Å². The number of nitrogens with one attached hydrogen (secondary N) is 2. The van der Waals surface area contributed by atoms with Crippen molar-refractivity contribution < 1.29 is 14.7 Å². The van der Waals surface area contributed by atoms with Crippen molar-refractivity contribution in [2.24, 2.45) is 11.8 Å². The van der Waals surface area contributed by atoms with Crippen LogP contribution in [0.3, 0.4) is 0 Å². The first-order valence-corrected chi connectivity index (χ1v) is 7.21. The van der Waals surface area contributed by atoms with Crippen molar-refractivity contribution in [3.63, 3.8) is 0 Å². The summed E-state index contributed by atoms with van der Waals surface area (Å²) in [5.74, 6) is -0.0223. The molecule has 1 aromatic rings. The first kappa shape index (κ1) is 17.1. The monoisotopic (exact) mass is 296 g/mol. The number of H-pyrrole nitrogens is 1. The second kappa shape index (κ2) is 7.75. The number of rotatable bonds is 8. The number of hydrogen-bond donors (Lipinski definition) is 3. The molecule has 0 saturated carbocycles. The van der Waals surface area contributed by atoms with Crippen molar-refractivity contribution in [1.29, 1.82) is 0 Å². The number of nitrogens with zero attached hydrogens (tertiary/aromatic N) is 2. The molecule has 1 rings (SSSR count). The number of carbonyl (C=O) groups excluding carboxylic acids is 1. The summed E-state index contributed by atoms with van der Waals surface area (Å²) in [6.07, 6.45) is 0.793. The third-order valence-corrected chi connectivity index (χ3v) is 3.07. The number of aliphatic carboxylic acids is 1. The van der Waals surface area contributed by atoms with E-state index in [1.807, 2.05) is 27.7 Å². The zero-order chi connectivity index (χ0) is 16.0. The third-order valence-electron chi connectivity index (χ3n) is 3.07. The molecular weight excluding hydrogens is 272 g/mol. The van der Waals surface area contributed by atoms with Crippen LogP contribution in [0.4, 0.5) is 0 Å². The Balaban J connectivity index is 2.57. The lowest BCUT2D eigenvalue weighted by atomic mass is 9.94. The molecule has 0 spiro atoms. The number of carboxylic acid groups (broad SMARTS) is 1. The summed E-state index contributed by atoms with van der Waals surface area (Å²) in [6, 6.07) is 0. The standard InChI is InChI=1S/C14H24N4O3/c1-8(2)5-10(6-11(19)20)7-15-14(21)13-16-12(9(3)4)17-18-13/h8-10H,5-7H2,1-4H3,(H,15,21)(H,19,20)(H,16,17,18). The van der Waals surface area contributed by atoms with Crippen molar-refractivity contribution in [3.8, 4) is 0 Å². The summed E-state index contributed by atoms with van der Waals surface area (Å²) in [4.78, 5) is 26.9. The summed E-state index contributed by atoms with van der Waals surface area (Å²) >= 11 is 0. The Kier molecular flexibility index (Phi) is 6.33. The van der Waals surface area contributed by atoms with E-state index in [4.69, 9.17) is 5.11 Å². The molecule has 0 aliphatic heterocycles. The van der Waals surface area contributed by atoms with Crippen molar-refractivity contribution in [2.75, 3.05) is 6.54 Å². The molecule has 1 unspecified atom stereocenters. The van der Waals surface area contributed by atoms with Crippen molar-refractivity contribution >= 4 is 11.9 Å². The van der Waals surface area contributed by atoms with E-state index in [-0.39, 0.29) is 30.0 Å². The highest BCUT2D eigenvalue weighted by atomic mass is 16.4. The fraction of sp³-hybridized carbons (Fsp3) is 0.714. The van der Waals surface area contributed by atoms with Gasteiger partial charge in [0.15, 0.2) is 0 Å². The molecule has 0 saturated heterocycles. The minimum Gasteiger partial charge on any atom is -0.481 e. The second-order valence-corrected chi connectivity index (χ2v) is 6.00. The van der Waals surface area contributed by atoms with Crippen LogP contribution in [-0.2, 0) is 4.79 Å². The van der Waals surface area contributed by atoms with Crippen LogP contribution in [0.15, 0.2) is 0 Å². The quantitative estimate of drug-likeness (QED) is 0.678. The summed E-state index contributed by atoms with van der Waals surface area (Å²) in [5, 5.41) is 18.2. The number of aromatic amines is 1. The molecule has 7 nitrogen and oxygen atoms in total. The average molecular weight is 296 g/mol. The number of aromatic nitrogens is 3. The molecule has 7 heteroatoms. The van der Waals surface area contributed by atoms with Gasteiger partial charge in [-0.3, -0.25) is 14.7 Å². The van der Waals surface area contributed by atoms with Crippen LogP contribution >= 0.6 is 0 Å². The fourth-order valence-corrected chi connectivity index (χ4v) is 2.10. The maximum absolute atomic E-state index is 12.0. The predicted molar refractivity (Wildman–Crippen MR) is 78.0 cm³/mol. The summed E-state index contributed by atoms with van der Waals surface area (Å²) < 4.78 is 0. The maximum Gasteiger partial charge on any atom is 0.303 e. The zero-order valence-corrected chi connectivity index (χ0v) is 13.0. The van der Waals surface area contributed by atoms with Crippen LogP contribution in [0.5, 0.6) is 0 Å². The van der Waals surface area contributed by atoms with Gasteiger partial charge in [0.05, 0.1) is 0 Å². The Bertz CT molecular complexity index is 482. The van der Waals surface area contributed by atoms with Gasteiger partial charge in [-0.05, 0) is 18.3 Å². The van der Waals surface area contributed by atoms with Gasteiger partial charge in [0.2, 0.25) is 5.82 Å². The van der Waals surface area contributed by atoms with E-state index >= 15 is 0 Å². The van der Waals surface area contributed by atoms with Gasteiger partial charge in [-0.2, -0.15) is 0 Å². The topological polar surface area (TPSA) is 108 Å². The van der Waals surface area contributed by atoms with Crippen LogP contribution in [0.25, 0.3) is 0 Å². The Morgan fingerprint density at radius 3 is 2.43 bits per heavy atom.